The Hall–Kier alpha value is -3.06. The van der Waals surface area contributed by atoms with Crippen LogP contribution in [0.2, 0.25) is 0 Å². The summed E-state index contributed by atoms with van der Waals surface area (Å²) in [7, 11) is 0. The molecule has 1 aliphatic carbocycles. The monoisotopic (exact) mass is 421 g/mol. The molecule has 2 heterocycles. The van der Waals surface area contributed by atoms with Crippen molar-refractivity contribution in [2.24, 2.45) is 0 Å². The predicted molar refractivity (Wildman–Crippen MR) is 117 cm³/mol. The highest BCUT2D eigenvalue weighted by Gasteiger charge is 2.28. The number of carbonyl (C=O) groups is 1. The zero-order chi connectivity index (χ0) is 21.8. The molecule has 0 bridgehead atoms. The predicted octanol–water partition coefficient (Wildman–Crippen LogP) is 3.32. The van der Waals surface area contributed by atoms with Crippen molar-refractivity contribution in [3.05, 3.63) is 82.2 Å². The molecule has 162 valence electrons. The lowest BCUT2D eigenvalue weighted by Gasteiger charge is -2.24. The number of rotatable bonds is 7. The maximum Gasteiger partial charge on any atom is 0.272 e. The number of hydrogen-bond acceptors (Lipinski definition) is 4. The van der Waals surface area contributed by atoms with E-state index in [1.165, 1.54) is 0 Å². The number of pyridine rings is 1. The summed E-state index contributed by atoms with van der Waals surface area (Å²) >= 11 is 0. The molecule has 1 aliphatic rings. The van der Waals surface area contributed by atoms with Crippen LogP contribution in [0.5, 0.6) is 0 Å². The van der Waals surface area contributed by atoms with Crippen LogP contribution >= 0.6 is 0 Å². The second-order valence-corrected chi connectivity index (χ2v) is 8.03. The zero-order valence-electron chi connectivity index (χ0n) is 18.0. The summed E-state index contributed by atoms with van der Waals surface area (Å²) in [6.45, 7) is 5.59. The Bertz CT molecular complexity index is 1060. The molecular weight excluding hydrogens is 393 g/mol. The van der Waals surface area contributed by atoms with E-state index in [1.807, 2.05) is 35.9 Å². The van der Waals surface area contributed by atoms with Gasteiger partial charge in [-0.15, -0.1) is 0 Å². The summed E-state index contributed by atoms with van der Waals surface area (Å²) in [4.78, 5) is 16.9. The third-order valence-corrected chi connectivity index (χ3v) is 5.89. The number of aromatic nitrogens is 3. The van der Waals surface area contributed by atoms with E-state index >= 15 is 0 Å². The fourth-order valence-electron chi connectivity index (χ4n) is 4.08. The molecule has 4 rings (SSSR count). The van der Waals surface area contributed by atoms with E-state index in [-0.39, 0.29) is 17.8 Å². The lowest BCUT2D eigenvalue weighted by molar-refractivity contribution is 0.0944. The highest BCUT2D eigenvalue weighted by Crippen LogP contribution is 2.25. The van der Waals surface area contributed by atoms with Crippen LogP contribution < -0.4 is 10.6 Å². The van der Waals surface area contributed by atoms with Crippen LogP contribution in [0.15, 0.2) is 42.7 Å². The number of fused-ring (bicyclic) bond motifs is 1. The van der Waals surface area contributed by atoms with Gasteiger partial charge in [0.15, 0.2) is 5.69 Å². The highest BCUT2D eigenvalue weighted by molar-refractivity contribution is 5.94. The van der Waals surface area contributed by atoms with Gasteiger partial charge < -0.3 is 10.6 Å². The van der Waals surface area contributed by atoms with Gasteiger partial charge in [0.05, 0.1) is 0 Å². The van der Waals surface area contributed by atoms with Crippen molar-refractivity contribution in [2.75, 3.05) is 0 Å². The minimum absolute atomic E-state index is 0.151. The molecular formula is C24H28FN5O. The van der Waals surface area contributed by atoms with Gasteiger partial charge in [-0.2, -0.15) is 5.10 Å². The van der Waals surface area contributed by atoms with Crippen LogP contribution in [0.25, 0.3) is 0 Å². The van der Waals surface area contributed by atoms with Crippen molar-refractivity contribution in [3.8, 4) is 0 Å². The van der Waals surface area contributed by atoms with Crippen LogP contribution in [0.3, 0.4) is 0 Å². The van der Waals surface area contributed by atoms with Gasteiger partial charge in [0.2, 0.25) is 0 Å². The molecule has 1 atom stereocenters. The molecule has 0 radical (unpaired) electrons. The van der Waals surface area contributed by atoms with Crippen LogP contribution in [0.4, 0.5) is 4.39 Å². The van der Waals surface area contributed by atoms with Crippen LogP contribution in [-0.2, 0) is 32.5 Å². The standard InChI is InChI=1S/C24H28FN5O/c1-3-30-22-7-6-19(27-15-18-5-4-16(2)21(25)12-18)13-20(22)23(29-30)24(31)28-14-17-8-10-26-11-9-17/h4-5,8-12,19,27H,3,6-7,13-15H2,1-2H3,(H,28,31)/t19-/m0/s1. The van der Waals surface area contributed by atoms with Crippen molar-refractivity contribution < 1.29 is 9.18 Å². The van der Waals surface area contributed by atoms with Crippen molar-refractivity contribution in [2.45, 2.75) is 58.8 Å². The first-order valence-corrected chi connectivity index (χ1v) is 10.8. The van der Waals surface area contributed by atoms with E-state index < -0.39 is 0 Å². The van der Waals surface area contributed by atoms with Gasteiger partial charge in [0.25, 0.3) is 5.91 Å². The van der Waals surface area contributed by atoms with E-state index in [4.69, 9.17) is 0 Å². The summed E-state index contributed by atoms with van der Waals surface area (Å²) < 4.78 is 15.8. The average molecular weight is 422 g/mol. The first-order chi connectivity index (χ1) is 15.0. The molecule has 0 unspecified atom stereocenters. The van der Waals surface area contributed by atoms with Gasteiger partial charge in [-0.1, -0.05) is 12.1 Å². The van der Waals surface area contributed by atoms with Crippen molar-refractivity contribution in [1.29, 1.82) is 0 Å². The number of nitrogens with zero attached hydrogens (tertiary/aromatic N) is 3. The number of nitrogens with one attached hydrogen (secondary N) is 2. The zero-order valence-corrected chi connectivity index (χ0v) is 18.0. The summed E-state index contributed by atoms with van der Waals surface area (Å²) in [5.74, 6) is -0.330. The number of halogens is 1. The van der Waals surface area contributed by atoms with Gasteiger partial charge in [-0.25, -0.2) is 4.39 Å². The maximum absolute atomic E-state index is 13.8. The molecule has 3 aromatic rings. The Labute approximate surface area is 181 Å². The molecule has 2 aromatic heterocycles. The SMILES string of the molecule is CCn1nc(C(=O)NCc2ccncc2)c2c1CC[C@H](NCc1ccc(C)c(F)c1)C2. The smallest absolute Gasteiger partial charge is 0.272 e. The third kappa shape index (κ3) is 4.82. The van der Waals surface area contributed by atoms with Gasteiger partial charge >= 0.3 is 0 Å². The minimum Gasteiger partial charge on any atom is -0.347 e. The summed E-state index contributed by atoms with van der Waals surface area (Å²) in [5, 5.41) is 11.1. The first kappa shape index (κ1) is 21.2. The Balaban J connectivity index is 1.45. The van der Waals surface area contributed by atoms with Crippen LogP contribution in [0.1, 0.15) is 51.8 Å². The largest absolute Gasteiger partial charge is 0.347 e. The topological polar surface area (TPSA) is 71.8 Å². The Morgan fingerprint density at radius 3 is 2.74 bits per heavy atom. The molecule has 0 aliphatic heterocycles. The molecule has 6 nitrogen and oxygen atoms in total. The Kier molecular flexibility index (Phi) is 6.42. The molecule has 1 aromatic carbocycles. The van der Waals surface area contributed by atoms with Crippen molar-refractivity contribution in [3.63, 3.8) is 0 Å². The highest BCUT2D eigenvalue weighted by atomic mass is 19.1. The number of amides is 1. The summed E-state index contributed by atoms with van der Waals surface area (Å²) in [6, 6.07) is 9.33. The number of hydrogen-bond donors (Lipinski definition) is 2. The Morgan fingerprint density at radius 2 is 2.00 bits per heavy atom. The molecule has 0 saturated carbocycles. The molecule has 1 amide bonds. The second-order valence-electron chi connectivity index (χ2n) is 8.03. The normalized spacial score (nSPS) is 15.5. The molecule has 2 N–H and O–H groups in total. The quantitative estimate of drug-likeness (QED) is 0.614. The number of carbonyl (C=O) groups excluding carboxylic acids is 1. The molecule has 0 spiro atoms. The van der Waals surface area contributed by atoms with Crippen molar-refractivity contribution in [1.82, 2.24) is 25.4 Å². The van der Waals surface area contributed by atoms with Crippen LogP contribution in [0, 0.1) is 12.7 Å². The van der Waals surface area contributed by atoms with Crippen LogP contribution in [-0.4, -0.2) is 26.7 Å². The van der Waals surface area contributed by atoms with Gasteiger partial charge in [0.1, 0.15) is 5.82 Å². The first-order valence-electron chi connectivity index (χ1n) is 10.8. The number of benzene rings is 1. The summed E-state index contributed by atoms with van der Waals surface area (Å²) in [5.41, 5.74) is 5.26. The number of aryl methyl sites for hydroxylation is 2. The van der Waals surface area contributed by atoms with Crippen molar-refractivity contribution >= 4 is 5.91 Å². The minimum atomic E-state index is -0.178. The van der Waals surface area contributed by atoms with E-state index in [0.717, 1.165) is 48.2 Å². The maximum atomic E-state index is 13.8. The lowest BCUT2D eigenvalue weighted by atomic mass is 9.91. The van der Waals surface area contributed by atoms with E-state index in [9.17, 15) is 9.18 Å². The Morgan fingerprint density at radius 1 is 1.19 bits per heavy atom. The van der Waals surface area contributed by atoms with Gasteiger partial charge in [-0.3, -0.25) is 14.5 Å². The molecule has 31 heavy (non-hydrogen) atoms. The lowest BCUT2D eigenvalue weighted by Crippen LogP contribution is -2.35. The van der Waals surface area contributed by atoms with Gasteiger partial charge in [0, 0.05) is 49.3 Å². The van der Waals surface area contributed by atoms with Gasteiger partial charge in [-0.05, 0) is 68.0 Å². The molecule has 0 saturated heterocycles. The fourth-order valence-corrected chi connectivity index (χ4v) is 4.08. The fraction of sp³-hybridized carbons (Fsp3) is 0.375. The van der Waals surface area contributed by atoms with E-state index in [1.54, 1.807) is 25.4 Å². The second kappa shape index (κ2) is 9.39. The van der Waals surface area contributed by atoms with E-state index in [0.29, 0.717) is 24.3 Å². The van der Waals surface area contributed by atoms with E-state index in [2.05, 4.69) is 20.7 Å². The summed E-state index contributed by atoms with van der Waals surface area (Å²) in [6.07, 6.45) is 6.00. The average Bonchev–Trinajstić information content (AvgIpc) is 3.17. The molecule has 0 fully saturated rings. The third-order valence-electron chi connectivity index (χ3n) is 5.89. The molecule has 7 heteroatoms.